The lowest BCUT2D eigenvalue weighted by Crippen LogP contribution is -2.39. The summed E-state index contributed by atoms with van der Waals surface area (Å²) >= 11 is 0. The molecule has 0 heterocycles. The largest absolute Gasteiger partial charge is 0.490 e. The van der Waals surface area contributed by atoms with Gasteiger partial charge in [-0.1, -0.05) is 41.5 Å². The Kier molecular flexibility index (Phi) is 3.83. The van der Waals surface area contributed by atoms with Crippen molar-refractivity contribution in [2.75, 3.05) is 0 Å². The average molecular weight is 383 g/mol. The van der Waals surface area contributed by atoms with Crippen LogP contribution in [0, 0.1) is 33.5 Å². The Morgan fingerprint density at radius 2 is 1.00 bits per heavy atom. The fraction of sp³-hybridized carbons (Fsp3) is 0.769. The van der Waals surface area contributed by atoms with Crippen LogP contribution < -0.4 is 9.47 Å². The summed E-state index contributed by atoms with van der Waals surface area (Å²) in [5.74, 6) is 3.63. The van der Waals surface area contributed by atoms with E-state index in [9.17, 15) is 0 Å². The Hall–Kier alpha value is -1.18. The zero-order valence-corrected chi connectivity index (χ0v) is 18.7. The monoisotopic (exact) mass is 382 g/mol. The van der Waals surface area contributed by atoms with Gasteiger partial charge in [-0.05, 0) is 85.5 Å². The molecule has 4 aliphatic carbocycles. The van der Waals surface area contributed by atoms with Gasteiger partial charge in [0.2, 0.25) is 0 Å². The van der Waals surface area contributed by atoms with Gasteiger partial charge in [0.15, 0.2) is 0 Å². The van der Waals surface area contributed by atoms with Crippen LogP contribution in [0.15, 0.2) is 24.3 Å². The van der Waals surface area contributed by atoms with Crippen LogP contribution in [-0.4, -0.2) is 12.2 Å². The molecule has 1 aromatic carbocycles. The Balaban J connectivity index is 1.27. The van der Waals surface area contributed by atoms with Crippen LogP contribution in [0.25, 0.3) is 0 Å². The van der Waals surface area contributed by atoms with Crippen LogP contribution in [0.1, 0.15) is 80.1 Å². The molecule has 4 bridgehead atoms. The molecule has 4 aliphatic rings. The minimum atomic E-state index is 0.302. The molecule has 0 aromatic heterocycles. The third kappa shape index (κ3) is 2.27. The van der Waals surface area contributed by atoms with E-state index in [1.54, 1.807) is 0 Å². The Morgan fingerprint density at radius 1 is 0.643 bits per heavy atom. The molecule has 6 atom stereocenters. The van der Waals surface area contributed by atoms with Crippen LogP contribution in [0.5, 0.6) is 11.5 Å². The van der Waals surface area contributed by atoms with Crippen molar-refractivity contribution in [2.45, 2.75) is 92.3 Å². The van der Waals surface area contributed by atoms with Gasteiger partial charge in [0, 0.05) is 10.8 Å². The maximum Gasteiger partial charge on any atom is 0.120 e. The molecule has 2 heteroatoms. The third-order valence-electron chi connectivity index (χ3n) is 10.8. The second-order valence-electron chi connectivity index (χ2n) is 11.9. The quantitative estimate of drug-likeness (QED) is 0.565. The van der Waals surface area contributed by atoms with E-state index in [0.29, 0.717) is 33.9 Å². The highest BCUT2D eigenvalue weighted by Crippen LogP contribution is 2.67. The lowest BCUT2D eigenvalue weighted by Gasteiger charge is -2.39. The molecule has 1 aromatic rings. The number of ether oxygens (including phenoxy) is 2. The zero-order chi connectivity index (χ0) is 19.9. The summed E-state index contributed by atoms with van der Waals surface area (Å²) in [4.78, 5) is 0. The van der Waals surface area contributed by atoms with Gasteiger partial charge in [0.05, 0.1) is 0 Å². The van der Waals surface area contributed by atoms with Crippen LogP contribution in [0.4, 0.5) is 0 Å². The van der Waals surface area contributed by atoms with Crippen molar-refractivity contribution in [3.8, 4) is 11.5 Å². The predicted octanol–water partition coefficient (Wildman–Crippen LogP) is 6.87. The smallest absolute Gasteiger partial charge is 0.120 e. The summed E-state index contributed by atoms with van der Waals surface area (Å²) in [7, 11) is 0. The first-order valence-corrected chi connectivity index (χ1v) is 11.5. The van der Waals surface area contributed by atoms with Crippen LogP contribution in [0.2, 0.25) is 0 Å². The van der Waals surface area contributed by atoms with Crippen LogP contribution in [0.3, 0.4) is 0 Å². The molecule has 4 fully saturated rings. The zero-order valence-electron chi connectivity index (χ0n) is 18.7. The van der Waals surface area contributed by atoms with Gasteiger partial charge in [-0.25, -0.2) is 0 Å². The van der Waals surface area contributed by atoms with Crippen molar-refractivity contribution in [3.63, 3.8) is 0 Å². The number of benzene rings is 1. The van der Waals surface area contributed by atoms with Crippen molar-refractivity contribution in [1.29, 1.82) is 0 Å². The highest BCUT2D eigenvalue weighted by molar-refractivity contribution is 5.32. The molecule has 5 rings (SSSR count). The van der Waals surface area contributed by atoms with Gasteiger partial charge in [-0.2, -0.15) is 0 Å². The summed E-state index contributed by atoms with van der Waals surface area (Å²) in [6, 6.07) is 8.49. The van der Waals surface area contributed by atoms with Crippen molar-refractivity contribution in [1.82, 2.24) is 0 Å². The second-order valence-corrected chi connectivity index (χ2v) is 11.9. The second kappa shape index (κ2) is 5.70. The standard InChI is InChI=1S/C26H38O2/c1-23(2)17-11-13-25(23,5)21(15-17)27-19-7-9-20(10-8-19)28-22-16-18-12-14-26(22,6)24(18,3)4/h7-10,17-18,21-22H,11-16H2,1-6H3/t17-,18+,21-,22-,25-,26+/m0/s1. The normalized spacial score (nSPS) is 44.8. The minimum Gasteiger partial charge on any atom is -0.490 e. The lowest BCUT2D eigenvalue weighted by atomic mass is 9.70. The molecule has 0 radical (unpaired) electrons. The average Bonchev–Trinajstić information content (AvgIpc) is 3.15. The Morgan fingerprint density at radius 3 is 1.25 bits per heavy atom. The molecule has 28 heavy (non-hydrogen) atoms. The van der Waals surface area contributed by atoms with E-state index in [4.69, 9.17) is 9.47 Å². The van der Waals surface area contributed by atoms with E-state index in [1.165, 1.54) is 38.5 Å². The van der Waals surface area contributed by atoms with Gasteiger partial charge < -0.3 is 9.47 Å². The fourth-order valence-electron chi connectivity index (χ4n) is 7.54. The van der Waals surface area contributed by atoms with Crippen molar-refractivity contribution < 1.29 is 9.47 Å². The Labute approximate surface area is 171 Å². The molecule has 0 unspecified atom stereocenters. The summed E-state index contributed by atoms with van der Waals surface area (Å²) in [5, 5.41) is 0. The first-order chi connectivity index (χ1) is 13.1. The number of hydrogen-bond acceptors (Lipinski definition) is 2. The molecule has 0 amide bonds. The molecule has 0 saturated heterocycles. The van der Waals surface area contributed by atoms with Crippen LogP contribution in [-0.2, 0) is 0 Å². The number of hydrogen-bond donors (Lipinski definition) is 0. The van der Waals surface area contributed by atoms with Gasteiger partial charge >= 0.3 is 0 Å². The summed E-state index contributed by atoms with van der Waals surface area (Å²) in [5.41, 5.74) is 1.39. The highest BCUT2D eigenvalue weighted by Gasteiger charge is 2.63. The van der Waals surface area contributed by atoms with Gasteiger partial charge in [0.1, 0.15) is 23.7 Å². The molecular weight excluding hydrogens is 344 g/mol. The molecule has 0 N–H and O–H groups in total. The fourth-order valence-corrected chi connectivity index (χ4v) is 7.54. The van der Waals surface area contributed by atoms with Gasteiger partial charge in [-0.3, -0.25) is 0 Å². The molecule has 4 saturated carbocycles. The van der Waals surface area contributed by atoms with E-state index < -0.39 is 0 Å². The first kappa shape index (κ1) is 18.8. The highest BCUT2D eigenvalue weighted by atomic mass is 16.5. The summed E-state index contributed by atoms with van der Waals surface area (Å²) in [6.45, 7) is 14.7. The van der Waals surface area contributed by atoms with E-state index in [1.807, 2.05) is 0 Å². The van der Waals surface area contributed by atoms with Gasteiger partial charge in [-0.15, -0.1) is 0 Å². The van der Waals surface area contributed by atoms with E-state index in [0.717, 1.165) is 23.3 Å². The van der Waals surface area contributed by atoms with Crippen molar-refractivity contribution >= 4 is 0 Å². The molecule has 0 spiro atoms. The molecular formula is C26H38O2. The SMILES string of the molecule is CC1(C)[C@H]2CC[C@@]1(C)[C@@H](Oc1ccc(O[C@H]3C[C@H]4CC[C@@]3(C)C4(C)C)cc1)C2. The molecule has 2 nitrogen and oxygen atoms in total. The lowest BCUT2D eigenvalue weighted by molar-refractivity contribution is 0.0278. The minimum absolute atomic E-state index is 0.302. The maximum atomic E-state index is 6.52. The van der Waals surface area contributed by atoms with Crippen molar-refractivity contribution in [3.05, 3.63) is 24.3 Å². The topological polar surface area (TPSA) is 18.5 Å². The van der Waals surface area contributed by atoms with E-state index >= 15 is 0 Å². The maximum absolute atomic E-state index is 6.52. The predicted molar refractivity (Wildman–Crippen MR) is 114 cm³/mol. The van der Waals surface area contributed by atoms with Gasteiger partial charge in [0.25, 0.3) is 0 Å². The van der Waals surface area contributed by atoms with E-state index in [-0.39, 0.29) is 0 Å². The number of fused-ring (bicyclic) bond motifs is 4. The van der Waals surface area contributed by atoms with E-state index in [2.05, 4.69) is 65.8 Å². The first-order valence-electron chi connectivity index (χ1n) is 11.5. The summed E-state index contributed by atoms with van der Waals surface area (Å²) < 4.78 is 13.0. The molecule has 0 aliphatic heterocycles. The Bertz CT molecular complexity index is 698. The molecule has 154 valence electrons. The third-order valence-corrected chi connectivity index (χ3v) is 10.8. The summed E-state index contributed by atoms with van der Waals surface area (Å²) in [6.07, 6.45) is 8.44. The van der Waals surface area contributed by atoms with Crippen LogP contribution >= 0.6 is 0 Å². The number of rotatable bonds is 4. The van der Waals surface area contributed by atoms with Crippen molar-refractivity contribution in [2.24, 2.45) is 33.5 Å².